The molecule has 0 aliphatic heterocycles. The van der Waals surface area contributed by atoms with Crippen LogP contribution >= 0.6 is 15.9 Å². The zero-order valence-electron chi connectivity index (χ0n) is 13.0. The van der Waals surface area contributed by atoms with Crippen LogP contribution in [0.1, 0.15) is 5.56 Å². The van der Waals surface area contributed by atoms with Crippen LogP contribution in [0, 0.1) is 5.82 Å². The maximum Gasteiger partial charge on any atom is 0.228 e. The van der Waals surface area contributed by atoms with Gasteiger partial charge < -0.3 is 5.32 Å². The number of anilines is 1. The quantitative estimate of drug-likeness (QED) is 0.729. The van der Waals surface area contributed by atoms with Crippen LogP contribution in [0.3, 0.4) is 0 Å². The second-order valence-electron chi connectivity index (χ2n) is 5.40. The molecule has 0 aliphatic rings. The minimum atomic E-state index is -0.376. The Bertz CT molecular complexity index is 891. The van der Waals surface area contributed by atoms with Gasteiger partial charge in [-0.15, -0.1) is 0 Å². The van der Waals surface area contributed by atoms with Gasteiger partial charge >= 0.3 is 0 Å². The molecule has 1 amide bonds. The summed E-state index contributed by atoms with van der Waals surface area (Å²) in [4.78, 5) is 12.1. The Kier molecular flexibility index (Phi) is 4.76. The van der Waals surface area contributed by atoms with Crippen molar-refractivity contribution in [3.8, 4) is 11.3 Å². The Morgan fingerprint density at radius 1 is 1.25 bits per heavy atom. The molecule has 122 valence electrons. The molecule has 0 radical (unpaired) electrons. The van der Waals surface area contributed by atoms with Gasteiger partial charge in [-0.05, 0) is 39.7 Å². The molecule has 0 atom stereocenters. The zero-order valence-corrected chi connectivity index (χ0v) is 14.5. The fraction of sp³-hybridized carbons (Fsp3) is 0.111. The van der Waals surface area contributed by atoms with Crippen LogP contribution in [0.5, 0.6) is 0 Å². The molecule has 0 saturated heterocycles. The van der Waals surface area contributed by atoms with E-state index in [9.17, 15) is 9.18 Å². The minimum absolute atomic E-state index is 0.00974. The van der Waals surface area contributed by atoms with E-state index in [1.807, 2.05) is 31.4 Å². The van der Waals surface area contributed by atoms with Gasteiger partial charge in [0, 0.05) is 24.5 Å². The van der Waals surface area contributed by atoms with E-state index in [1.165, 1.54) is 6.07 Å². The molecule has 3 rings (SSSR count). The first-order valence-corrected chi connectivity index (χ1v) is 8.15. The molecule has 0 fully saturated rings. The van der Waals surface area contributed by atoms with Crippen LogP contribution in [0.4, 0.5) is 10.1 Å². The average Bonchev–Trinajstić information content (AvgIpc) is 2.88. The Morgan fingerprint density at radius 3 is 2.75 bits per heavy atom. The number of rotatable bonds is 4. The predicted molar refractivity (Wildman–Crippen MR) is 95.1 cm³/mol. The molecular weight excluding hydrogens is 373 g/mol. The number of aryl methyl sites for hydroxylation is 1. The normalized spacial score (nSPS) is 10.6. The van der Waals surface area contributed by atoms with Gasteiger partial charge in [-0.2, -0.15) is 5.10 Å². The first kappa shape index (κ1) is 16.4. The van der Waals surface area contributed by atoms with Gasteiger partial charge in [-0.25, -0.2) is 4.39 Å². The summed E-state index contributed by atoms with van der Waals surface area (Å²) in [6.45, 7) is 0. The summed E-state index contributed by atoms with van der Waals surface area (Å²) in [6, 6.07) is 13.7. The highest BCUT2D eigenvalue weighted by Gasteiger charge is 2.11. The van der Waals surface area contributed by atoms with Crippen molar-refractivity contribution in [3.63, 3.8) is 0 Å². The number of hydrogen-bond donors (Lipinski definition) is 1. The number of nitrogens with zero attached hydrogens (tertiary/aromatic N) is 2. The molecule has 0 aliphatic carbocycles. The van der Waals surface area contributed by atoms with Crippen LogP contribution in [-0.4, -0.2) is 15.7 Å². The molecule has 1 aromatic heterocycles. The van der Waals surface area contributed by atoms with Crippen molar-refractivity contribution >= 4 is 27.5 Å². The number of halogens is 2. The van der Waals surface area contributed by atoms with Crippen molar-refractivity contribution in [1.29, 1.82) is 0 Å². The summed E-state index contributed by atoms with van der Waals surface area (Å²) in [6.07, 6.45) is 1.85. The molecule has 1 heterocycles. The predicted octanol–water partition coefficient (Wildman–Crippen LogP) is 4.17. The lowest BCUT2D eigenvalue weighted by Crippen LogP contribution is -2.15. The number of benzene rings is 2. The van der Waals surface area contributed by atoms with E-state index in [1.54, 1.807) is 28.9 Å². The Balaban J connectivity index is 1.76. The largest absolute Gasteiger partial charge is 0.326 e. The number of aromatic nitrogens is 2. The van der Waals surface area contributed by atoms with E-state index in [2.05, 4.69) is 26.3 Å². The highest BCUT2D eigenvalue weighted by atomic mass is 79.9. The Morgan fingerprint density at radius 2 is 2.04 bits per heavy atom. The van der Waals surface area contributed by atoms with E-state index < -0.39 is 0 Å². The number of hydrogen-bond acceptors (Lipinski definition) is 2. The lowest BCUT2D eigenvalue weighted by molar-refractivity contribution is -0.115. The molecule has 0 spiro atoms. The monoisotopic (exact) mass is 387 g/mol. The third kappa shape index (κ3) is 3.71. The van der Waals surface area contributed by atoms with Gasteiger partial charge in [-0.1, -0.05) is 30.3 Å². The molecule has 6 heteroatoms. The number of carbonyl (C=O) groups excluding carboxylic acids is 1. The van der Waals surface area contributed by atoms with Crippen molar-refractivity contribution in [3.05, 3.63) is 70.6 Å². The smallest absolute Gasteiger partial charge is 0.228 e. The van der Waals surface area contributed by atoms with Gasteiger partial charge in [0.25, 0.3) is 0 Å². The van der Waals surface area contributed by atoms with E-state index in [0.717, 1.165) is 15.7 Å². The third-order valence-corrected chi connectivity index (χ3v) is 4.09. The maximum absolute atomic E-state index is 13.6. The number of carbonyl (C=O) groups is 1. The maximum atomic E-state index is 13.6. The van der Waals surface area contributed by atoms with Gasteiger partial charge in [-0.3, -0.25) is 9.48 Å². The van der Waals surface area contributed by atoms with Crippen molar-refractivity contribution in [2.45, 2.75) is 6.42 Å². The zero-order chi connectivity index (χ0) is 17.1. The SMILES string of the molecule is Cn1cc(Br)c(-c2cccc(NC(=O)Cc3ccccc3F)c2)n1. The van der Waals surface area contributed by atoms with E-state index >= 15 is 0 Å². The topological polar surface area (TPSA) is 46.9 Å². The summed E-state index contributed by atoms with van der Waals surface area (Å²) in [5.74, 6) is -0.642. The standard InChI is InChI=1S/C18H15BrFN3O/c1-23-11-15(19)18(22-23)13-6-4-7-14(9-13)21-17(24)10-12-5-2-3-8-16(12)20/h2-9,11H,10H2,1H3,(H,21,24). The summed E-state index contributed by atoms with van der Waals surface area (Å²) in [5.41, 5.74) is 2.69. The molecule has 2 aromatic carbocycles. The molecule has 24 heavy (non-hydrogen) atoms. The number of nitrogens with one attached hydrogen (secondary N) is 1. The molecule has 0 unspecified atom stereocenters. The van der Waals surface area contributed by atoms with Crippen LogP contribution in [-0.2, 0) is 18.3 Å². The summed E-state index contributed by atoms with van der Waals surface area (Å²) < 4.78 is 16.2. The molecular formula is C18H15BrFN3O. The molecule has 1 N–H and O–H groups in total. The highest BCUT2D eigenvalue weighted by Crippen LogP contribution is 2.28. The molecule has 0 bridgehead atoms. The second-order valence-corrected chi connectivity index (χ2v) is 6.25. The third-order valence-electron chi connectivity index (χ3n) is 3.51. The van der Waals surface area contributed by atoms with Crippen LogP contribution < -0.4 is 5.32 Å². The lowest BCUT2D eigenvalue weighted by atomic mass is 10.1. The average molecular weight is 388 g/mol. The highest BCUT2D eigenvalue weighted by molar-refractivity contribution is 9.10. The van der Waals surface area contributed by atoms with Gasteiger partial charge in [0.2, 0.25) is 5.91 Å². The first-order valence-electron chi connectivity index (χ1n) is 7.36. The van der Waals surface area contributed by atoms with Crippen molar-refractivity contribution < 1.29 is 9.18 Å². The van der Waals surface area contributed by atoms with E-state index in [-0.39, 0.29) is 18.1 Å². The van der Waals surface area contributed by atoms with E-state index in [4.69, 9.17) is 0 Å². The van der Waals surface area contributed by atoms with E-state index in [0.29, 0.717) is 11.3 Å². The van der Waals surface area contributed by atoms with Gasteiger partial charge in [0.05, 0.1) is 10.9 Å². The van der Waals surface area contributed by atoms with Crippen LogP contribution in [0.2, 0.25) is 0 Å². The molecule has 4 nitrogen and oxygen atoms in total. The van der Waals surface area contributed by atoms with Crippen LogP contribution in [0.25, 0.3) is 11.3 Å². The minimum Gasteiger partial charge on any atom is -0.326 e. The number of amides is 1. The van der Waals surface area contributed by atoms with Gasteiger partial charge in [0.1, 0.15) is 11.5 Å². The molecule has 3 aromatic rings. The lowest BCUT2D eigenvalue weighted by Gasteiger charge is -2.07. The van der Waals surface area contributed by atoms with Gasteiger partial charge in [0.15, 0.2) is 0 Å². The fourth-order valence-corrected chi connectivity index (χ4v) is 3.02. The first-order chi connectivity index (χ1) is 11.5. The Labute approximate surface area is 147 Å². The van der Waals surface area contributed by atoms with Crippen molar-refractivity contribution in [2.24, 2.45) is 7.05 Å². The van der Waals surface area contributed by atoms with Crippen molar-refractivity contribution in [1.82, 2.24) is 9.78 Å². The second kappa shape index (κ2) is 6.97. The summed E-state index contributed by atoms with van der Waals surface area (Å²) in [5, 5.41) is 7.19. The Hall–Kier alpha value is -2.47. The molecule has 0 saturated carbocycles. The van der Waals surface area contributed by atoms with Crippen molar-refractivity contribution in [2.75, 3.05) is 5.32 Å². The summed E-state index contributed by atoms with van der Waals surface area (Å²) in [7, 11) is 1.84. The summed E-state index contributed by atoms with van der Waals surface area (Å²) >= 11 is 3.47. The van der Waals surface area contributed by atoms with Crippen LogP contribution in [0.15, 0.2) is 59.2 Å². The fourth-order valence-electron chi connectivity index (χ4n) is 2.42.